The fraction of sp³-hybridized carbons (Fsp3) is 0.588. The molecule has 2 nitrogen and oxygen atoms in total. The van der Waals surface area contributed by atoms with Gasteiger partial charge >= 0.3 is 5.97 Å². The van der Waals surface area contributed by atoms with E-state index < -0.39 is 5.97 Å². The molecule has 1 aromatic rings. The van der Waals surface area contributed by atoms with E-state index in [0.717, 1.165) is 24.8 Å². The minimum atomic E-state index is -0.710. The number of rotatable bonds is 4. The highest BCUT2D eigenvalue weighted by molar-refractivity contribution is 9.10. The lowest BCUT2D eigenvalue weighted by atomic mass is 9.69. The summed E-state index contributed by atoms with van der Waals surface area (Å²) in [6, 6.07) is 4.83. The third-order valence-electron chi connectivity index (χ3n) is 4.70. The van der Waals surface area contributed by atoms with Gasteiger partial charge in [0, 0.05) is 4.47 Å². The summed E-state index contributed by atoms with van der Waals surface area (Å²) in [6.45, 7) is 4.39. The van der Waals surface area contributed by atoms with Crippen molar-refractivity contribution in [1.82, 2.24) is 0 Å². The van der Waals surface area contributed by atoms with Crippen LogP contribution >= 0.6 is 15.9 Å². The van der Waals surface area contributed by atoms with Crippen molar-refractivity contribution >= 4 is 21.9 Å². The average molecular weight is 357 g/mol. The Labute approximate surface area is 133 Å². The number of carbonyl (C=O) groups is 1. The Bertz CT molecular complexity index is 495. The minimum absolute atomic E-state index is 0.0948. The lowest BCUT2D eigenvalue weighted by molar-refractivity contribution is -0.145. The molecule has 3 unspecified atom stereocenters. The Kier molecular flexibility index (Phi) is 5.42. The molecule has 0 heterocycles. The molecule has 0 radical (unpaired) electrons. The van der Waals surface area contributed by atoms with Crippen molar-refractivity contribution in [1.29, 1.82) is 0 Å². The summed E-state index contributed by atoms with van der Waals surface area (Å²) in [4.78, 5) is 11.5. The average Bonchev–Trinajstić information content (AvgIpc) is 2.36. The van der Waals surface area contributed by atoms with Crippen LogP contribution < -0.4 is 0 Å². The molecule has 21 heavy (non-hydrogen) atoms. The third-order valence-corrected chi connectivity index (χ3v) is 5.16. The summed E-state index contributed by atoms with van der Waals surface area (Å²) < 4.78 is 14.2. The van der Waals surface area contributed by atoms with Crippen molar-refractivity contribution in [3.8, 4) is 0 Å². The first-order valence-electron chi connectivity index (χ1n) is 7.54. The maximum atomic E-state index is 13.5. The topological polar surface area (TPSA) is 37.3 Å². The molecule has 0 aromatic heterocycles. The Balaban J connectivity index is 2.17. The van der Waals surface area contributed by atoms with Crippen molar-refractivity contribution in [2.24, 2.45) is 23.7 Å². The van der Waals surface area contributed by atoms with Gasteiger partial charge in [-0.1, -0.05) is 29.8 Å². The molecule has 4 heteroatoms. The standard InChI is InChI=1S/C17H22BrFO2/c1-10(2)12-3-4-16(17(20)21)13(8-12)5-11-6-14(18)9-15(19)7-11/h6-7,9-10,12-13,16H,3-5,8H2,1-2H3,(H,20,21). The van der Waals surface area contributed by atoms with Crippen LogP contribution in [-0.2, 0) is 11.2 Å². The predicted octanol–water partition coefficient (Wildman–Crippen LogP) is 4.90. The zero-order chi connectivity index (χ0) is 15.6. The van der Waals surface area contributed by atoms with Crippen molar-refractivity contribution in [3.63, 3.8) is 0 Å². The molecule has 0 aliphatic heterocycles. The van der Waals surface area contributed by atoms with Gasteiger partial charge in [-0.15, -0.1) is 0 Å². The van der Waals surface area contributed by atoms with Gasteiger partial charge in [0.05, 0.1) is 5.92 Å². The van der Waals surface area contributed by atoms with E-state index >= 15 is 0 Å². The van der Waals surface area contributed by atoms with Gasteiger partial charge in [-0.05, 0) is 67.2 Å². The molecular formula is C17H22BrFO2. The number of carboxylic acid groups (broad SMARTS) is 1. The molecule has 1 saturated carbocycles. The molecule has 1 aromatic carbocycles. The van der Waals surface area contributed by atoms with Crippen molar-refractivity contribution in [2.45, 2.75) is 39.5 Å². The molecule has 0 saturated heterocycles. The largest absolute Gasteiger partial charge is 0.481 e. The first-order valence-corrected chi connectivity index (χ1v) is 8.34. The van der Waals surface area contributed by atoms with Crippen LogP contribution in [0.1, 0.15) is 38.7 Å². The summed E-state index contributed by atoms with van der Waals surface area (Å²) in [6.07, 6.45) is 3.27. The summed E-state index contributed by atoms with van der Waals surface area (Å²) in [5, 5.41) is 9.44. The molecule has 2 rings (SSSR count). The Hall–Kier alpha value is -0.900. The smallest absolute Gasteiger partial charge is 0.306 e. The monoisotopic (exact) mass is 356 g/mol. The number of carboxylic acids is 1. The SMILES string of the molecule is CC(C)C1CCC(C(=O)O)C(Cc2cc(F)cc(Br)c2)C1. The van der Waals surface area contributed by atoms with Crippen molar-refractivity contribution in [2.75, 3.05) is 0 Å². The Morgan fingerprint density at radius 3 is 2.67 bits per heavy atom. The lowest BCUT2D eigenvalue weighted by Gasteiger charge is -2.36. The zero-order valence-corrected chi connectivity index (χ0v) is 14.1. The first-order chi connectivity index (χ1) is 9.86. The second kappa shape index (κ2) is 6.91. The van der Waals surface area contributed by atoms with E-state index in [2.05, 4.69) is 29.8 Å². The van der Waals surface area contributed by atoms with E-state index in [1.807, 2.05) is 6.07 Å². The number of hydrogen-bond acceptors (Lipinski definition) is 1. The highest BCUT2D eigenvalue weighted by Crippen LogP contribution is 2.39. The second-order valence-electron chi connectivity index (χ2n) is 6.50. The van der Waals surface area contributed by atoms with E-state index in [9.17, 15) is 14.3 Å². The van der Waals surface area contributed by atoms with Gasteiger partial charge in [0.25, 0.3) is 0 Å². The molecular weight excluding hydrogens is 335 g/mol. The highest BCUT2D eigenvalue weighted by Gasteiger charge is 2.35. The van der Waals surface area contributed by atoms with Crippen molar-refractivity contribution < 1.29 is 14.3 Å². The molecule has 1 aliphatic rings. The van der Waals surface area contributed by atoms with Crippen LogP contribution in [0, 0.1) is 29.5 Å². The fourth-order valence-corrected chi connectivity index (χ4v) is 4.00. The van der Waals surface area contributed by atoms with E-state index in [1.165, 1.54) is 12.1 Å². The normalized spacial score (nSPS) is 26.0. The second-order valence-corrected chi connectivity index (χ2v) is 7.42. The minimum Gasteiger partial charge on any atom is -0.481 e. The van der Waals surface area contributed by atoms with E-state index in [0.29, 0.717) is 22.7 Å². The van der Waals surface area contributed by atoms with Crippen LogP contribution in [0.3, 0.4) is 0 Å². The number of aliphatic carboxylic acids is 1. The van der Waals surface area contributed by atoms with Crippen LogP contribution in [0.15, 0.2) is 22.7 Å². The molecule has 0 amide bonds. The number of hydrogen-bond donors (Lipinski definition) is 1. The summed E-state index contributed by atoms with van der Waals surface area (Å²) >= 11 is 3.30. The van der Waals surface area contributed by atoms with Gasteiger partial charge < -0.3 is 5.11 Å². The maximum Gasteiger partial charge on any atom is 0.306 e. The van der Waals surface area contributed by atoms with Gasteiger partial charge in [0.1, 0.15) is 5.82 Å². The molecule has 1 aliphatic carbocycles. The Morgan fingerprint density at radius 2 is 2.10 bits per heavy atom. The summed E-state index contributed by atoms with van der Waals surface area (Å²) in [5.41, 5.74) is 0.877. The van der Waals surface area contributed by atoms with Crippen LogP contribution in [0.25, 0.3) is 0 Å². The molecule has 0 spiro atoms. The molecule has 3 atom stereocenters. The molecule has 116 valence electrons. The van der Waals surface area contributed by atoms with Crippen LogP contribution in [0.5, 0.6) is 0 Å². The zero-order valence-electron chi connectivity index (χ0n) is 12.5. The fourth-order valence-electron chi connectivity index (χ4n) is 3.49. The number of benzene rings is 1. The lowest BCUT2D eigenvalue weighted by Crippen LogP contribution is -2.33. The van der Waals surface area contributed by atoms with Gasteiger partial charge in [0.2, 0.25) is 0 Å². The van der Waals surface area contributed by atoms with Crippen LogP contribution in [0.4, 0.5) is 4.39 Å². The third kappa shape index (κ3) is 4.29. The Morgan fingerprint density at radius 1 is 1.38 bits per heavy atom. The highest BCUT2D eigenvalue weighted by atomic mass is 79.9. The quantitative estimate of drug-likeness (QED) is 0.832. The van der Waals surface area contributed by atoms with Gasteiger partial charge in [-0.3, -0.25) is 4.79 Å². The first kappa shape index (κ1) is 16.5. The maximum absolute atomic E-state index is 13.5. The van der Waals surface area contributed by atoms with E-state index in [-0.39, 0.29) is 17.7 Å². The predicted molar refractivity (Wildman–Crippen MR) is 84.6 cm³/mol. The summed E-state index contributed by atoms with van der Waals surface area (Å²) in [5.74, 6) is -0.0522. The summed E-state index contributed by atoms with van der Waals surface area (Å²) in [7, 11) is 0. The van der Waals surface area contributed by atoms with Crippen LogP contribution in [0.2, 0.25) is 0 Å². The van der Waals surface area contributed by atoms with Gasteiger partial charge in [0.15, 0.2) is 0 Å². The van der Waals surface area contributed by atoms with E-state index in [4.69, 9.17) is 0 Å². The van der Waals surface area contributed by atoms with Crippen LogP contribution in [-0.4, -0.2) is 11.1 Å². The number of halogens is 2. The van der Waals surface area contributed by atoms with Gasteiger partial charge in [-0.2, -0.15) is 0 Å². The van der Waals surface area contributed by atoms with Gasteiger partial charge in [-0.25, -0.2) is 4.39 Å². The van der Waals surface area contributed by atoms with Crippen molar-refractivity contribution in [3.05, 3.63) is 34.1 Å². The molecule has 1 fully saturated rings. The molecule has 0 bridgehead atoms. The molecule has 1 N–H and O–H groups in total. The van der Waals surface area contributed by atoms with E-state index in [1.54, 1.807) is 0 Å².